The molecule has 0 fully saturated rings. The van der Waals surface area contributed by atoms with Crippen molar-refractivity contribution in [2.75, 3.05) is 5.33 Å². The number of rotatable bonds is 4. The Kier molecular flexibility index (Phi) is 6.27. The van der Waals surface area contributed by atoms with E-state index in [4.69, 9.17) is 5.11 Å². The minimum Gasteiger partial charge on any atom is -0.393 e. The molecule has 1 nitrogen and oxygen atoms in total. The molecule has 1 N–H and O–H groups in total. The van der Waals surface area contributed by atoms with E-state index in [0.29, 0.717) is 4.83 Å². The third-order valence-corrected chi connectivity index (χ3v) is 1.87. The molecule has 0 saturated carbocycles. The van der Waals surface area contributed by atoms with Crippen LogP contribution in [0.25, 0.3) is 0 Å². The van der Waals surface area contributed by atoms with Gasteiger partial charge in [-0.3, -0.25) is 0 Å². The van der Waals surface area contributed by atoms with Gasteiger partial charge in [-0.2, -0.15) is 0 Å². The number of alkyl halides is 2. The van der Waals surface area contributed by atoms with Crippen LogP contribution in [0.3, 0.4) is 0 Å². The van der Waals surface area contributed by atoms with Crippen LogP contribution < -0.4 is 0 Å². The quantitative estimate of drug-likeness (QED) is 0.769. The molecular formula is C6H12Br2O. The largest absolute Gasteiger partial charge is 0.393 e. The molecule has 9 heavy (non-hydrogen) atoms. The molecule has 0 heterocycles. The van der Waals surface area contributed by atoms with Crippen LogP contribution in [-0.2, 0) is 0 Å². The average molecular weight is 260 g/mol. The third-order valence-electron chi connectivity index (χ3n) is 1.04. The molecule has 0 aromatic carbocycles. The smallest absolute Gasteiger partial charge is 0.0558 e. The van der Waals surface area contributed by atoms with Crippen molar-refractivity contribution in [3.8, 4) is 0 Å². The van der Waals surface area contributed by atoms with Crippen molar-refractivity contribution in [2.45, 2.75) is 30.7 Å². The first-order chi connectivity index (χ1) is 4.16. The molecule has 0 rings (SSSR count). The predicted molar refractivity (Wildman–Crippen MR) is 47.4 cm³/mol. The Morgan fingerprint density at radius 1 is 1.56 bits per heavy atom. The van der Waals surface area contributed by atoms with Crippen molar-refractivity contribution >= 4 is 31.9 Å². The summed E-state index contributed by atoms with van der Waals surface area (Å²) in [7, 11) is 0. The Balaban J connectivity index is 3.15. The Morgan fingerprint density at radius 3 is 2.44 bits per heavy atom. The van der Waals surface area contributed by atoms with E-state index >= 15 is 0 Å². The zero-order valence-corrected chi connectivity index (χ0v) is 8.65. The van der Waals surface area contributed by atoms with Crippen LogP contribution in [0.1, 0.15) is 19.8 Å². The Hall–Kier alpha value is 0.920. The summed E-state index contributed by atoms with van der Waals surface area (Å²) in [5, 5.41) is 10.0. The van der Waals surface area contributed by atoms with Gasteiger partial charge < -0.3 is 5.11 Å². The van der Waals surface area contributed by atoms with Crippen molar-refractivity contribution < 1.29 is 5.11 Å². The minimum absolute atomic E-state index is 0.154. The SMILES string of the molecule is CC(Br)CC(O)CCBr. The summed E-state index contributed by atoms with van der Waals surface area (Å²) in [6.07, 6.45) is 1.53. The lowest BCUT2D eigenvalue weighted by Crippen LogP contribution is -2.11. The first-order valence-electron chi connectivity index (χ1n) is 3.05. The van der Waals surface area contributed by atoms with E-state index in [0.717, 1.165) is 18.2 Å². The van der Waals surface area contributed by atoms with Gasteiger partial charge in [0, 0.05) is 10.2 Å². The van der Waals surface area contributed by atoms with Gasteiger partial charge in [-0.25, -0.2) is 0 Å². The molecule has 0 saturated heterocycles. The first kappa shape index (κ1) is 9.92. The molecule has 2 atom stereocenters. The van der Waals surface area contributed by atoms with E-state index in [2.05, 4.69) is 31.9 Å². The second kappa shape index (κ2) is 5.69. The normalized spacial score (nSPS) is 17.3. The number of aliphatic hydroxyl groups is 1. The number of halogens is 2. The van der Waals surface area contributed by atoms with E-state index in [1.807, 2.05) is 6.92 Å². The summed E-state index contributed by atoms with van der Waals surface area (Å²) in [6, 6.07) is 0. The molecule has 0 bridgehead atoms. The van der Waals surface area contributed by atoms with Crippen molar-refractivity contribution in [3.63, 3.8) is 0 Å². The van der Waals surface area contributed by atoms with Crippen molar-refractivity contribution in [3.05, 3.63) is 0 Å². The fraction of sp³-hybridized carbons (Fsp3) is 1.00. The zero-order chi connectivity index (χ0) is 7.28. The molecule has 0 aromatic rings. The van der Waals surface area contributed by atoms with Crippen molar-refractivity contribution in [2.24, 2.45) is 0 Å². The van der Waals surface area contributed by atoms with Gasteiger partial charge >= 0.3 is 0 Å². The van der Waals surface area contributed by atoms with Crippen LogP contribution in [-0.4, -0.2) is 21.4 Å². The standard InChI is InChI=1S/C6H12Br2O/c1-5(8)4-6(9)2-3-7/h5-6,9H,2-4H2,1H3. The summed E-state index contributed by atoms with van der Waals surface area (Å²) in [4.78, 5) is 0.423. The van der Waals surface area contributed by atoms with Gasteiger partial charge in [0.25, 0.3) is 0 Å². The molecular weight excluding hydrogens is 248 g/mol. The van der Waals surface area contributed by atoms with Gasteiger partial charge in [0.15, 0.2) is 0 Å². The fourth-order valence-corrected chi connectivity index (χ4v) is 1.58. The van der Waals surface area contributed by atoms with E-state index in [1.54, 1.807) is 0 Å². The summed E-state index contributed by atoms with van der Waals surface area (Å²) >= 11 is 6.63. The van der Waals surface area contributed by atoms with Gasteiger partial charge in [-0.05, 0) is 12.8 Å². The summed E-state index contributed by atoms with van der Waals surface area (Å²) in [5.41, 5.74) is 0. The molecule has 0 spiro atoms. The fourth-order valence-electron chi connectivity index (χ4n) is 0.619. The van der Waals surface area contributed by atoms with Crippen LogP contribution in [0, 0.1) is 0 Å². The molecule has 0 radical (unpaired) electrons. The van der Waals surface area contributed by atoms with E-state index in [9.17, 15) is 0 Å². The highest BCUT2D eigenvalue weighted by atomic mass is 79.9. The molecule has 3 heteroatoms. The Bertz CT molecular complexity index is 66.1. The van der Waals surface area contributed by atoms with E-state index in [-0.39, 0.29) is 6.10 Å². The maximum Gasteiger partial charge on any atom is 0.0558 e. The second-order valence-electron chi connectivity index (χ2n) is 2.15. The molecule has 0 aliphatic heterocycles. The number of hydrogen-bond acceptors (Lipinski definition) is 1. The predicted octanol–water partition coefficient (Wildman–Crippen LogP) is 2.31. The van der Waals surface area contributed by atoms with E-state index in [1.165, 1.54) is 0 Å². The van der Waals surface area contributed by atoms with Gasteiger partial charge in [0.05, 0.1) is 6.10 Å². The highest BCUT2D eigenvalue weighted by Crippen LogP contribution is 2.09. The van der Waals surface area contributed by atoms with Crippen LogP contribution in [0.5, 0.6) is 0 Å². The molecule has 2 unspecified atom stereocenters. The lowest BCUT2D eigenvalue weighted by atomic mass is 10.2. The number of aliphatic hydroxyl groups excluding tert-OH is 1. The van der Waals surface area contributed by atoms with Crippen molar-refractivity contribution in [1.82, 2.24) is 0 Å². The molecule has 0 aliphatic carbocycles. The zero-order valence-electron chi connectivity index (χ0n) is 5.48. The molecule has 56 valence electrons. The minimum atomic E-state index is -0.154. The van der Waals surface area contributed by atoms with Gasteiger partial charge in [0.2, 0.25) is 0 Å². The van der Waals surface area contributed by atoms with Gasteiger partial charge in [-0.15, -0.1) is 0 Å². The Labute approximate surface area is 73.1 Å². The van der Waals surface area contributed by atoms with Crippen molar-refractivity contribution in [1.29, 1.82) is 0 Å². The first-order valence-corrected chi connectivity index (χ1v) is 5.08. The summed E-state index contributed by atoms with van der Waals surface area (Å²) in [6.45, 7) is 2.04. The molecule has 0 aliphatic rings. The lowest BCUT2D eigenvalue weighted by molar-refractivity contribution is 0.163. The highest BCUT2D eigenvalue weighted by molar-refractivity contribution is 9.09. The molecule has 0 amide bonds. The second-order valence-corrected chi connectivity index (χ2v) is 4.50. The van der Waals surface area contributed by atoms with E-state index < -0.39 is 0 Å². The van der Waals surface area contributed by atoms with Gasteiger partial charge in [0.1, 0.15) is 0 Å². The number of hydrogen-bond donors (Lipinski definition) is 1. The third kappa shape index (κ3) is 6.81. The highest BCUT2D eigenvalue weighted by Gasteiger charge is 2.05. The maximum absolute atomic E-state index is 9.16. The van der Waals surface area contributed by atoms with Crippen LogP contribution in [0.4, 0.5) is 0 Å². The monoisotopic (exact) mass is 258 g/mol. The maximum atomic E-state index is 9.16. The Morgan fingerprint density at radius 2 is 2.11 bits per heavy atom. The van der Waals surface area contributed by atoms with Gasteiger partial charge in [-0.1, -0.05) is 38.8 Å². The summed E-state index contributed by atoms with van der Waals surface area (Å²) in [5.74, 6) is 0. The lowest BCUT2D eigenvalue weighted by Gasteiger charge is -2.08. The molecule has 0 aromatic heterocycles. The van der Waals surface area contributed by atoms with Crippen LogP contribution >= 0.6 is 31.9 Å². The summed E-state index contributed by atoms with van der Waals surface area (Å²) < 4.78 is 0. The topological polar surface area (TPSA) is 20.2 Å². The van der Waals surface area contributed by atoms with Crippen LogP contribution in [0.15, 0.2) is 0 Å². The van der Waals surface area contributed by atoms with Crippen LogP contribution in [0.2, 0.25) is 0 Å². The average Bonchev–Trinajstić information content (AvgIpc) is 1.63.